The molecule has 2 aromatic carbocycles. The summed E-state index contributed by atoms with van der Waals surface area (Å²) in [4.78, 5) is 11.5. The van der Waals surface area contributed by atoms with Crippen LogP contribution in [0.25, 0.3) is 0 Å². The van der Waals surface area contributed by atoms with Crippen molar-refractivity contribution >= 4 is 5.97 Å². The number of rotatable bonds is 4. The summed E-state index contributed by atoms with van der Waals surface area (Å²) < 4.78 is 0. The van der Waals surface area contributed by atoms with Gasteiger partial charge in [0.05, 0.1) is 0 Å². The van der Waals surface area contributed by atoms with Gasteiger partial charge in [0.2, 0.25) is 0 Å². The zero-order chi connectivity index (χ0) is 17.3. The maximum Gasteiger partial charge on any atom is 0.320 e. The first-order chi connectivity index (χ1) is 11.4. The van der Waals surface area contributed by atoms with Gasteiger partial charge in [-0.2, -0.15) is 0 Å². The van der Waals surface area contributed by atoms with E-state index < -0.39 is 12.0 Å². The van der Waals surface area contributed by atoms with Gasteiger partial charge in [-0.1, -0.05) is 48.0 Å². The van der Waals surface area contributed by atoms with E-state index in [-0.39, 0.29) is 5.41 Å². The van der Waals surface area contributed by atoms with E-state index in [9.17, 15) is 9.90 Å². The second kappa shape index (κ2) is 6.40. The molecule has 2 N–H and O–H groups in total. The lowest BCUT2D eigenvalue weighted by Crippen LogP contribution is -2.32. The van der Waals surface area contributed by atoms with Crippen LogP contribution in [0.4, 0.5) is 0 Å². The molecule has 2 atom stereocenters. The summed E-state index contributed by atoms with van der Waals surface area (Å²) in [5.74, 6) is -0.759. The van der Waals surface area contributed by atoms with Crippen molar-refractivity contribution < 1.29 is 9.90 Å². The van der Waals surface area contributed by atoms with Gasteiger partial charge >= 0.3 is 5.97 Å². The van der Waals surface area contributed by atoms with E-state index in [1.165, 1.54) is 27.8 Å². The monoisotopic (exact) mass is 323 g/mol. The molecule has 3 heteroatoms. The second-order valence-corrected chi connectivity index (χ2v) is 7.18. The molecule has 0 saturated carbocycles. The summed E-state index contributed by atoms with van der Waals surface area (Å²) in [5.41, 5.74) is 6.26. The Hall–Kier alpha value is -2.13. The molecule has 0 aromatic heterocycles. The molecule has 3 nitrogen and oxygen atoms in total. The maximum absolute atomic E-state index is 11.5. The van der Waals surface area contributed by atoms with Crippen LogP contribution >= 0.6 is 0 Å². The standard InChI is InChI=1S/C21H25NO2/c1-14-9-15(2)18(16(3)10-14)11-21(17-7-5-4-6-8-17)12-19(20(23)24)22-13-21/h4-10,19,22H,11-13H2,1-3H3,(H,23,24)/t19-,21-/m0/s1. The molecule has 1 aliphatic heterocycles. The maximum atomic E-state index is 11.5. The van der Waals surface area contributed by atoms with Gasteiger partial charge in [0.1, 0.15) is 6.04 Å². The molecule has 3 rings (SSSR count). The molecule has 0 radical (unpaired) electrons. The van der Waals surface area contributed by atoms with E-state index in [0.717, 1.165) is 6.42 Å². The normalized spacial score (nSPS) is 23.4. The second-order valence-electron chi connectivity index (χ2n) is 7.18. The summed E-state index contributed by atoms with van der Waals surface area (Å²) in [6.45, 7) is 7.13. The van der Waals surface area contributed by atoms with Crippen LogP contribution in [0, 0.1) is 20.8 Å². The molecular formula is C21H25NO2. The minimum atomic E-state index is -0.759. The van der Waals surface area contributed by atoms with Crippen molar-refractivity contribution in [2.24, 2.45) is 0 Å². The van der Waals surface area contributed by atoms with E-state index in [2.05, 4.69) is 50.4 Å². The molecule has 1 heterocycles. The topological polar surface area (TPSA) is 49.3 Å². The van der Waals surface area contributed by atoms with Gasteiger partial charge in [0, 0.05) is 12.0 Å². The van der Waals surface area contributed by atoms with Crippen molar-refractivity contribution in [3.63, 3.8) is 0 Å². The Bertz CT molecular complexity index is 731. The molecule has 1 aliphatic rings. The first kappa shape index (κ1) is 16.7. The highest BCUT2D eigenvalue weighted by Crippen LogP contribution is 2.38. The van der Waals surface area contributed by atoms with E-state index in [4.69, 9.17) is 0 Å². The summed E-state index contributed by atoms with van der Waals surface area (Å²) in [6.07, 6.45) is 1.49. The zero-order valence-electron chi connectivity index (χ0n) is 14.6. The average Bonchev–Trinajstić information content (AvgIpc) is 2.98. The Morgan fingerprint density at radius 2 is 1.79 bits per heavy atom. The number of hydrogen-bond donors (Lipinski definition) is 2. The largest absolute Gasteiger partial charge is 0.480 e. The van der Waals surface area contributed by atoms with Crippen molar-refractivity contribution in [3.8, 4) is 0 Å². The van der Waals surface area contributed by atoms with Gasteiger partial charge in [-0.25, -0.2) is 0 Å². The van der Waals surface area contributed by atoms with E-state index in [1.807, 2.05) is 18.2 Å². The fourth-order valence-corrected chi connectivity index (χ4v) is 4.10. The molecule has 2 aromatic rings. The van der Waals surface area contributed by atoms with Gasteiger partial charge < -0.3 is 10.4 Å². The van der Waals surface area contributed by atoms with Gasteiger partial charge in [0.15, 0.2) is 0 Å². The number of benzene rings is 2. The minimum Gasteiger partial charge on any atom is -0.480 e. The quantitative estimate of drug-likeness (QED) is 0.905. The number of nitrogens with one attached hydrogen (secondary N) is 1. The Balaban J connectivity index is 2.03. The number of aryl methyl sites for hydroxylation is 3. The van der Waals surface area contributed by atoms with Crippen molar-refractivity contribution in [3.05, 3.63) is 70.3 Å². The van der Waals surface area contributed by atoms with Crippen molar-refractivity contribution in [2.45, 2.75) is 45.1 Å². The van der Waals surface area contributed by atoms with Crippen LogP contribution in [-0.4, -0.2) is 23.7 Å². The molecule has 1 saturated heterocycles. The van der Waals surface area contributed by atoms with Gasteiger partial charge in [-0.15, -0.1) is 0 Å². The Labute approximate surface area is 143 Å². The lowest BCUT2D eigenvalue weighted by atomic mass is 9.72. The SMILES string of the molecule is Cc1cc(C)c(C[C@@]2(c3ccccc3)CN[C@H](C(=O)O)C2)c(C)c1. The van der Waals surface area contributed by atoms with Crippen LogP contribution in [0.15, 0.2) is 42.5 Å². The van der Waals surface area contributed by atoms with E-state index in [1.54, 1.807) is 0 Å². The Morgan fingerprint density at radius 3 is 2.33 bits per heavy atom. The third kappa shape index (κ3) is 3.09. The molecular weight excluding hydrogens is 298 g/mol. The highest BCUT2D eigenvalue weighted by atomic mass is 16.4. The third-order valence-corrected chi connectivity index (χ3v) is 5.32. The third-order valence-electron chi connectivity index (χ3n) is 5.32. The smallest absolute Gasteiger partial charge is 0.320 e. The van der Waals surface area contributed by atoms with Crippen molar-refractivity contribution in [1.29, 1.82) is 0 Å². The molecule has 0 bridgehead atoms. The summed E-state index contributed by atoms with van der Waals surface area (Å²) in [6, 6.07) is 14.3. The first-order valence-electron chi connectivity index (χ1n) is 8.50. The number of carboxylic acid groups (broad SMARTS) is 1. The molecule has 0 spiro atoms. The van der Waals surface area contributed by atoms with E-state index in [0.29, 0.717) is 13.0 Å². The number of carbonyl (C=O) groups is 1. The number of hydrogen-bond acceptors (Lipinski definition) is 2. The van der Waals surface area contributed by atoms with Crippen LogP contribution in [0.5, 0.6) is 0 Å². The molecule has 0 unspecified atom stereocenters. The first-order valence-corrected chi connectivity index (χ1v) is 8.50. The Kier molecular flexibility index (Phi) is 4.46. The van der Waals surface area contributed by atoms with Gasteiger partial charge in [-0.05, 0) is 55.9 Å². The number of carboxylic acids is 1. The zero-order valence-corrected chi connectivity index (χ0v) is 14.6. The highest BCUT2D eigenvalue weighted by Gasteiger charge is 2.43. The predicted molar refractivity (Wildman–Crippen MR) is 96.5 cm³/mol. The lowest BCUT2D eigenvalue weighted by molar-refractivity contribution is -0.139. The summed E-state index contributed by atoms with van der Waals surface area (Å²) >= 11 is 0. The Morgan fingerprint density at radius 1 is 1.17 bits per heavy atom. The van der Waals surface area contributed by atoms with Crippen LogP contribution in [0.3, 0.4) is 0 Å². The summed E-state index contributed by atoms with van der Waals surface area (Å²) in [5, 5.41) is 12.7. The molecule has 24 heavy (non-hydrogen) atoms. The van der Waals surface area contributed by atoms with Crippen molar-refractivity contribution in [2.75, 3.05) is 6.54 Å². The number of aliphatic carboxylic acids is 1. The minimum absolute atomic E-state index is 0.172. The predicted octanol–water partition coefficient (Wildman–Crippen LogP) is 3.54. The fourth-order valence-electron chi connectivity index (χ4n) is 4.10. The van der Waals surface area contributed by atoms with Crippen molar-refractivity contribution in [1.82, 2.24) is 5.32 Å². The molecule has 1 fully saturated rings. The van der Waals surface area contributed by atoms with Crippen LogP contribution < -0.4 is 5.32 Å². The lowest BCUT2D eigenvalue weighted by Gasteiger charge is -2.31. The average molecular weight is 323 g/mol. The fraction of sp³-hybridized carbons (Fsp3) is 0.381. The molecule has 0 amide bonds. The van der Waals surface area contributed by atoms with Crippen LogP contribution in [-0.2, 0) is 16.6 Å². The van der Waals surface area contributed by atoms with E-state index >= 15 is 0 Å². The highest BCUT2D eigenvalue weighted by molar-refractivity contribution is 5.74. The van der Waals surface area contributed by atoms with Gasteiger partial charge in [0.25, 0.3) is 0 Å². The van der Waals surface area contributed by atoms with Crippen LogP contribution in [0.2, 0.25) is 0 Å². The summed E-state index contributed by atoms with van der Waals surface area (Å²) in [7, 11) is 0. The van der Waals surface area contributed by atoms with Gasteiger partial charge in [-0.3, -0.25) is 4.79 Å². The molecule has 126 valence electrons. The van der Waals surface area contributed by atoms with Crippen LogP contribution in [0.1, 0.15) is 34.2 Å². The molecule has 0 aliphatic carbocycles.